The second-order valence-corrected chi connectivity index (χ2v) is 6.13. The van der Waals surface area contributed by atoms with Gasteiger partial charge < -0.3 is 14.7 Å². The molecular formula is C14H9Br2KN2O3. The summed E-state index contributed by atoms with van der Waals surface area (Å²) in [7, 11) is 0. The number of ether oxygens (including phenoxy) is 1. The van der Waals surface area contributed by atoms with E-state index in [2.05, 4.69) is 36.8 Å². The quantitative estimate of drug-likeness (QED) is 0.559. The van der Waals surface area contributed by atoms with Crippen LogP contribution in [0.15, 0.2) is 39.5 Å². The Morgan fingerprint density at radius 3 is 2.68 bits per heavy atom. The van der Waals surface area contributed by atoms with Crippen LogP contribution in [0.4, 0.5) is 5.69 Å². The minimum absolute atomic E-state index is 0. The molecule has 1 aliphatic heterocycles. The van der Waals surface area contributed by atoms with Crippen LogP contribution in [0.1, 0.15) is 10.4 Å². The Balaban J connectivity index is 0.00000176. The molecule has 0 atom stereocenters. The minimum atomic E-state index is -0.200. The molecule has 1 aromatic carbocycles. The molecule has 1 aliphatic rings. The van der Waals surface area contributed by atoms with Crippen LogP contribution in [0.2, 0.25) is 0 Å². The van der Waals surface area contributed by atoms with Crippen LogP contribution in [-0.4, -0.2) is 24.0 Å². The van der Waals surface area contributed by atoms with E-state index in [9.17, 15) is 9.90 Å². The van der Waals surface area contributed by atoms with Gasteiger partial charge in [-0.25, -0.2) is 0 Å². The van der Waals surface area contributed by atoms with E-state index in [-0.39, 0.29) is 63.0 Å². The Bertz CT molecular complexity index is 704. The number of hydrogen-bond donors (Lipinski definition) is 0. The van der Waals surface area contributed by atoms with E-state index < -0.39 is 0 Å². The zero-order chi connectivity index (χ0) is 15.0. The van der Waals surface area contributed by atoms with Crippen molar-refractivity contribution in [3.63, 3.8) is 0 Å². The molecule has 0 aliphatic carbocycles. The average molecular weight is 452 g/mol. The number of carbonyl (C=O) groups excluding carboxylic acids is 1. The number of halogens is 2. The third kappa shape index (κ3) is 3.58. The van der Waals surface area contributed by atoms with Crippen LogP contribution in [0, 0.1) is 0 Å². The van der Waals surface area contributed by atoms with Gasteiger partial charge in [0.1, 0.15) is 18.0 Å². The molecule has 0 bridgehead atoms. The molecule has 0 saturated carbocycles. The summed E-state index contributed by atoms with van der Waals surface area (Å²) >= 11 is 6.34. The molecule has 0 saturated heterocycles. The largest absolute Gasteiger partial charge is 1.00 e. The zero-order valence-electron chi connectivity index (χ0n) is 11.7. The summed E-state index contributed by atoms with van der Waals surface area (Å²) in [6.45, 7) is 0.858. The molecule has 0 spiro atoms. The van der Waals surface area contributed by atoms with Crippen molar-refractivity contribution in [1.82, 2.24) is 4.98 Å². The second kappa shape index (κ2) is 7.74. The van der Waals surface area contributed by atoms with Crippen LogP contribution in [0.5, 0.6) is 11.5 Å². The second-order valence-electron chi connectivity index (χ2n) is 4.42. The standard InChI is InChI=1S/C14H10Br2N2O3.K/c15-9-5-8(6-10(16)13(9)19)14(20)18-3-4-21-12-1-2-17-7-11(12)18;/h1-2,5-7,19H,3-4H2;/q;+1/p-1. The summed E-state index contributed by atoms with van der Waals surface area (Å²) in [5.74, 6) is 0.243. The fraction of sp³-hybridized carbons (Fsp3) is 0.143. The van der Waals surface area contributed by atoms with Crippen molar-refractivity contribution in [3.8, 4) is 11.5 Å². The van der Waals surface area contributed by atoms with Crippen molar-refractivity contribution in [1.29, 1.82) is 0 Å². The normalized spacial score (nSPS) is 12.9. The molecule has 0 fully saturated rings. The van der Waals surface area contributed by atoms with E-state index in [0.717, 1.165) is 0 Å². The third-order valence-corrected chi connectivity index (χ3v) is 4.29. The van der Waals surface area contributed by atoms with Crippen molar-refractivity contribution in [2.24, 2.45) is 0 Å². The van der Waals surface area contributed by atoms with Gasteiger partial charge in [-0.05, 0) is 12.1 Å². The Morgan fingerprint density at radius 1 is 1.32 bits per heavy atom. The number of anilines is 1. The summed E-state index contributed by atoms with van der Waals surface area (Å²) in [6.07, 6.45) is 3.21. The minimum Gasteiger partial charge on any atom is -0.871 e. The summed E-state index contributed by atoms with van der Waals surface area (Å²) in [5.41, 5.74) is 1.05. The number of amides is 1. The molecule has 1 aromatic heterocycles. The van der Waals surface area contributed by atoms with E-state index in [4.69, 9.17) is 4.74 Å². The van der Waals surface area contributed by atoms with Gasteiger partial charge in [0.15, 0.2) is 0 Å². The van der Waals surface area contributed by atoms with Crippen LogP contribution in [0.3, 0.4) is 0 Å². The summed E-state index contributed by atoms with van der Waals surface area (Å²) in [6, 6.07) is 4.78. The van der Waals surface area contributed by atoms with E-state index in [1.807, 2.05) is 0 Å². The number of nitrogens with zero attached hydrogens (tertiary/aromatic N) is 2. The molecule has 0 N–H and O–H groups in total. The molecule has 2 heterocycles. The van der Waals surface area contributed by atoms with Crippen molar-refractivity contribution in [3.05, 3.63) is 45.1 Å². The third-order valence-electron chi connectivity index (χ3n) is 3.11. The number of pyridine rings is 1. The molecule has 22 heavy (non-hydrogen) atoms. The smallest absolute Gasteiger partial charge is 0.871 e. The average Bonchev–Trinajstić information content (AvgIpc) is 2.51. The van der Waals surface area contributed by atoms with Gasteiger partial charge in [0.2, 0.25) is 0 Å². The van der Waals surface area contributed by atoms with Crippen LogP contribution in [0.25, 0.3) is 0 Å². The van der Waals surface area contributed by atoms with Gasteiger partial charge in [0.05, 0.1) is 12.7 Å². The SMILES string of the molecule is O=C(c1cc(Br)c([O-])c(Br)c1)N1CCOc2ccncc21.[K+]. The van der Waals surface area contributed by atoms with Gasteiger partial charge in [0, 0.05) is 26.8 Å². The van der Waals surface area contributed by atoms with E-state index in [0.29, 0.717) is 39.1 Å². The van der Waals surface area contributed by atoms with Gasteiger partial charge in [-0.1, -0.05) is 37.6 Å². The first-order chi connectivity index (χ1) is 10.1. The van der Waals surface area contributed by atoms with Gasteiger partial charge >= 0.3 is 51.4 Å². The van der Waals surface area contributed by atoms with Crippen molar-refractivity contribution >= 4 is 43.5 Å². The predicted molar refractivity (Wildman–Crippen MR) is 82.7 cm³/mol. The molecule has 1 amide bonds. The fourth-order valence-corrected chi connectivity index (χ4v) is 3.30. The molecule has 0 unspecified atom stereocenters. The fourth-order valence-electron chi connectivity index (χ4n) is 2.12. The van der Waals surface area contributed by atoms with Crippen molar-refractivity contribution in [2.75, 3.05) is 18.1 Å². The van der Waals surface area contributed by atoms with Crippen LogP contribution >= 0.6 is 31.9 Å². The van der Waals surface area contributed by atoms with Crippen molar-refractivity contribution < 1.29 is 66.0 Å². The number of rotatable bonds is 1. The van der Waals surface area contributed by atoms with Crippen LogP contribution < -0.4 is 66.1 Å². The Kier molecular flexibility index (Phi) is 6.46. The van der Waals surface area contributed by atoms with Crippen molar-refractivity contribution in [2.45, 2.75) is 0 Å². The summed E-state index contributed by atoms with van der Waals surface area (Å²) < 4.78 is 6.20. The topological polar surface area (TPSA) is 65.5 Å². The maximum absolute atomic E-state index is 12.7. The van der Waals surface area contributed by atoms with Gasteiger partial charge in [0.25, 0.3) is 5.91 Å². The maximum atomic E-state index is 12.7. The molecular weight excluding hydrogens is 443 g/mol. The van der Waals surface area contributed by atoms with Gasteiger partial charge in [-0.15, -0.1) is 0 Å². The number of hydrogen-bond acceptors (Lipinski definition) is 4. The Labute approximate surface area is 186 Å². The molecule has 5 nitrogen and oxygen atoms in total. The predicted octanol–water partition coefficient (Wildman–Crippen LogP) is -0.277. The molecule has 3 rings (SSSR count). The van der Waals surface area contributed by atoms with Crippen LogP contribution in [-0.2, 0) is 0 Å². The first kappa shape index (κ1) is 18.4. The molecule has 108 valence electrons. The molecule has 2 aromatic rings. The summed E-state index contributed by atoms with van der Waals surface area (Å²) in [4.78, 5) is 18.3. The number of fused-ring (bicyclic) bond motifs is 1. The van der Waals surface area contributed by atoms with E-state index in [1.54, 1.807) is 23.4 Å². The first-order valence-electron chi connectivity index (χ1n) is 6.12. The molecule has 0 radical (unpaired) electrons. The Morgan fingerprint density at radius 2 is 2.00 bits per heavy atom. The number of carbonyl (C=O) groups is 1. The van der Waals surface area contributed by atoms with Gasteiger partial charge in [-0.2, -0.15) is 0 Å². The monoisotopic (exact) mass is 450 g/mol. The summed E-state index contributed by atoms with van der Waals surface area (Å²) in [5, 5.41) is 11.7. The maximum Gasteiger partial charge on any atom is 1.00 e. The number of aromatic nitrogens is 1. The van der Waals surface area contributed by atoms with Gasteiger partial charge in [-0.3, -0.25) is 9.78 Å². The Hall–Kier alpha value is 0.0364. The molecule has 8 heteroatoms. The van der Waals surface area contributed by atoms with E-state index >= 15 is 0 Å². The van der Waals surface area contributed by atoms with E-state index in [1.165, 1.54) is 12.1 Å². The number of benzene rings is 1. The zero-order valence-corrected chi connectivity index (χ0v) is 18.0. The first-order valence-corrected chi connectivity index (χ1v) is 7.71.